The Morgan fingerprint density at radius 1 is 1.35 bits per heavy atom. The second-order valence-corrected chi connectivity index (χ2v) is 4.49. The Morgan fingerprint density at radius 2 is 1.95 bits per heavy atom. The van der Waals surface area contributed by atoms with Crippen LogP contribution in [0.5, 0.6) is 0 Å². The first-order valence-corrected chi connectivity index (χ1v) is 5.98. The number of carbonyl (C=O) groups is 3. The maximum atomic E-state index is 12.9. The first kappa shape index (κ1) is 14.0. The quantitative estimate of drug-likeness (QED) is 0.815. The fourth-order valence-corrected chi connectivity index (χ4v) is 2.10. The van der Waals surface area contributed by atoms with Crippen LogP contribution in [-0.4, -0.2) is 46.9 Å². The third-order valence-corrected chi connectivity index (χ3v) is 3.15. The van der Waals surface area contributed by atoms with Gasteiger partial charge in [0.2, 0.25) is 5.91 Å². The lowest BCUT2D eigenvalue weighted by Crippen LogP contribution is -2.60. The highest BCUT2D eigenvalue weighted by Crippen LogP contribution is 2.22. The van der Waals surface area contributed by atoms with Crippen LogP contribution < -0.4 is 4.90 Å². The van der Waals surface area contributed by atoms with E-state index in [1.807, 2.05) is 0 Å². The van der Waals surface area contributed by atoms with Gasteiger partial charge in [-0.15, -0.1) is 0 Å². The molecule has 1 heterocycles. The molecule has 1 N–H and O–H groups in total. The summed E-state index contributed by atoms with van der Waals surface area (Å²) in [5.74, 6) is -2.81. The van der Waals surface area contributed by atoms with Crippen molar-refractivity contribution in [3.8, 4) is 0 Å². The lowest BCUT2D eigenvalue weighted by Gasteiger charge is -2.38. The first-order valence-electron chi connectivity index (χ1n) is 5.98. The third-order valence-electron chi connectivity index (χ3n) is 3.15. The molecule has 1 aromatic carbocycles. The zero-order valence-corrected chi connectivity index (χ0v) is 10.7. The average molecular weight is 280 g/mol. The number of carbonyl (C=O) groups excluding carboxylic acids is 2. The number of piperazine rings is 1. The van der Waals surface area contributed by atoms with Gasteiger partial charge in [0.15, 0.2) is 0 Å². The molecule has 1 fully saturated rings. The second kappa shape index (κ2) is 5.28. The fraction of sp³-hybridized carbons (Fsp3) is 0.308. The summed E-state index contributed by atoms with van der Waals surface area (Å²) in [7, 11) is 0. The summed E-state index contributed by atoms with van der Waals surface area (Å²) in [5.41, 5.74) is 0.538. The van der Waals surface area contributed by atoms with Gasteiger partial charge in [0.1, 0.15) is 18.4 Å². The van der Waals surface area contributed by atoms with Crippen LogP contribution in [0.1, 0.15) is 6.92 Å². The largest absolute Gasteiger partial charge is 0.480 e. The van der Waals surface area contributed by atoms with Crippen LogP contribution in [0.4, 0.5) is 10.1 Å². The van der Waals surface area contributed by atoms with E-state index in [0.29, 0.717) is 5.69 Å². The number of nitrogens with zero attached hydrogens (tertiary/aromatic N) is 2. The topological polar surface area (TPSA) is 77.9 Å². The molecular formula is C13H13FN2O4. The maximum Gasteiger partial charge on any atom is 0.323 e. The number of carboxylic acids is 1. The number of hydrogen-bond acceptors (Lipinski definition) is 4. The van der Waals surface area contributed by atoms with Crippen molar-refractivity contribution in [1.82, 2.24) is 4.90 Å². The lowest BCUT2D eigenvalue weighted by atomic mass is 10.1. The second-order valence-electron chi connectivity index (χ2n) is 4.49. The molecule has 7 heteroatoms. The number of hydrogen-bond donors (Lipinski definition) is 1. The SMILES string of the molecule is CC1C(=O)N(CC(=O)O)C(=O)CN1c1ccc(F)cc1. The van der Waals surface area contributed by atoms with Crippen molar-refractivity contribution in [2.45, 2.75) is 13.0 Å². The average Bonchev–Trinajstić information content (AvgIpc) is 2.40. The van der Waals surface area contributed by atoms with Crippen LogP contribution in [-0.2, 0) is 14.4 Å². The number of halogens is 1. The molecule has 0 bridgehead atoms. The van der Waals surface area contributed by atoms with Crippen LogP contribution in [0, 0.1) is 5.82 Å². The van der Waals surface area contributed by atoms with E-state index in [2.05, 4.69) is 0 Å². The van der Waals surface area contributed by atoms with Crippen molar-refractivity contribution < 1.29 is 23.9 Å². The highest BCUT2D eigenvalue weighted by atomic mass is 19.1. The molecule has 1 aromatic rings. The Morgan fingerprint density at radius 3 is 2.50 bits per heavy atom. The molecule has 20 heavy (non-hydrogen) atoms. The minimum absolute atomic E-state index is 0.119. The van der Waals surface area contributed by atoms with Gasteiger partial charge in [-0.25, -0.2) is 4.39 Å². The van der Waals surface area contributed by atoms with E-state index >= 15 is 0 Å². The number of amides is 2. The van der Waals surface area contributed by atoms with Gasteiger partial charge in [-0.05, 0) is 31.2 Å². The van der Waals surface area contributed by atoms with Crippen LogP contribution in [0.2, 0.25) is 0 Å². The number of benzene rings is 1. The predicted octanol–water partition coefficient (Wildman–Crippen LogP) is 0.474. The van der Waals surface area contributed by atoms with E-state index in [1.54, 1.807) is 6.92 Å². The number of aliphatic carboxylic acids is 1. The van der Waals surface area contributed by atoms with E-state index < -0.39 is 36.2 Å². The molecule has 1 saturated heterocycles. The smallest absolute Gasteiger partial charge is 0.323 e. The Kier molecular flexibility index (Phi) is 3.69. The minimum Gasteiger partial charge on any atom is -0.480 e. The van der Waals surface area contributed by atoms with E-state index in [9.17, 15) is 18.8 Å². The van der Waals surface area contributed by atoms with Crippen LogP contribution >= 0.6 is 0 Å². The van der Waals surface area contributed by atoms with Crippen molar-refractivity contribution in [1.29, 1.82) is 0 Å². The van der Waals surface area contributed by atoms with Crippen molar-refractivity contribution in [3.63, 3.8) is 0 Å². The Hall–Kier alpha value is -2.44. The van der Waals surface area contributed by atoms with Crippen LogP contribution in [0.25, 0.3) is 0 Å². The van der Waals surface area contributed by atoms with Gasteiger partial charge in [0.25, 0.3) is 5.91 Å². The van der Waals surface area contributed by atoms with Gasteiger partial charge in [-0.2, -0.15) is 0 Å². The van der Waals surface area contributed by atoms with Crippen molar-refractivity contribution in [3.05, 3.63) is 30.1 Å². The molecule has 0 radical (unpaired) electrons. The standard InChI is InChI=1S/C13H13FN2O4/c1-8-13(20)16(7-12(18)19)11(17)6-15(8)10-4-2-9(14)3-5-10/h2-5,8H,6-7H2,1H3,(H,18,19). The summed E-state index contributed by atoms with van der Waals surface area (Å²) >= 11 is 0. The van der Waals surface area contributed by atoms with E-state index in [1.165, 1.54) is 29.2 Å². The Labute approximate surface area is 114 Å². The molecule has 0 spiro atoms. The van der Waals surface area contributed by atoms with Gasteiger partial charge < -0.3 is 10.0 Å². The molecule has 1 atom stereocenters. The summed E-state index contributed by atoms with van der Waals surface area (Å²) in [6.45, 7) is 0.818. The number of carboxylic acid groups (broad SMARTS) is 1. The van der Waals surface area contributed by atoms with Gasteiger partial charge in [0.05, 0.1) is 6.54 Å². The molecule has 1 aliphatic heterocycles. The molecule has 2 amide bonds. The van der Waals surface area contributed by atoms with Crippen LogP contribution in [0.3, 0.4) is 0 Å². The van der Waals surface area contributed by atoms with E-state index in [4.69, 9.17) is 5.11 Å². The van der Waals surface area contributed by atoms with Crippen molar-refractivity contribution in [2.24, 2.45) is 0 Å². The minimum atomic E-state index is -1.24. The normalized spacial score (nSPS) is 19.4. The Bertz CT molecular complexity index is 558. The van der Waals surface area contributed by atoms with Gasteiger partial charge >= 0.3 is 5.97 Å². The van der Waals surface area contributed by atoms with Gasteiger partial charge in [0, 0.05) is 5.69 Å². The summed E-state index contributed by atoms with van der Waals surface area (Å²) in [6.07, 6.45) is 0. The maximum absolute atomic E-state index is 12.9. The zero-order valence-electron chi connectivity index (χ0n) is 10.7. The molecule has 2 rings (SSSR count). The molecule has 1 unspecified atom stereocenters. The summed E-state index contributed by atoms with van der Waals surface area (Å²) < 4.78 is 12.9. The number of anilines is 1. The van der Waals surface area contributed by atoms with Gasteiger partial charge in [-0.1, -0.05) is 0 Å². The van der Waals surface area contributed by atoms with Crippen molar-refractivity contribution in [2.75, 3.05) is 18.0 Å². The number of rotatable bonds is 3. The lowest BCUT2D eigenvalue weighted by molar-refractivity contribution is -0.154. The zero-order chi connectivity index (χ0) is 14.9. The van der Waals surface area contributed by atoms with E-state index in [0.717, 1.165) is 4.90 Å². The molecule has 0 saturated carbocycles. The van der Waals surface area contributed by atoms with Crippen molar-refractivity contribution >= 4 is 23.5 Å². The summed E-state index contributed by atoms with van der Waals surface area (Å²) in [6, 6.07) is 4.73. The third kappa shape index (κ3) is 2.61. The fourth-order valence-electron chi connectivity index (χ4n) is 2.10. The molecule has 0 aliphatic carbocycles. The summed E-state index contributed by atoms with van der Waals surface area (Å²) in [4.78, 5) is 36.8. The molecule has 0 aromatic heterocycles. The van der Waals surface area contributed by atoms with Crippen LogP contribution in [0.15, 0.2) is 24.3 Å². The number of imide groups is 1. The summed E-state index contributed by atoms with van der Waals surface area (Å²) in [5, 5.41) is 8.70. The molecule has 6 nitrogen and oxygen atoms in total. The monoisotopic (exact) mass is 280 g/mol. The molecular weight excluding hydrogens is 267 g/mol. The highest BCUT2D eigenvalue weighted by molar-refractivity contribution is 6.06. The highest BCUT2D eigenvalue weighted by Gasteiger charge is 2.38. The molecule has 106 valence electrons. The Balaban J connectivity index is 2.23. The van der Waals surface area contributed by atoms with Gasteiger partial charge in [-0.3, -0.25) is 19.3 Å². The molecule has 1 aliphatic rings. The van der Waals surface area contributed by atoms with E-state index in [-0.39, 0.29) is 6.54 Å². The first-order chi connectivity index (χ1) is 9.40. The predicted molar refractivity (Wildman–Crippen MR) is 67.6 cm³/mol.